The molecule has 1 aromatic carbocycles. The summed E-state index contributed by atoms with van der Waals surface area (Å²) in [6.45, 7) is 2.64. The molecule has 21 heavy (non-hydrogen) atoms. The zero-order chi connectivity index (χ0) is 15.4. The highest BCUT2D eigenvalue weighted by atomic mass is 16.2. The average Bonchev–Trinajstić information content (AvgIpc) is 2.93. The molecule has 112 valence electrons. The number of benzene rings is 1. The largest absolute Gasteiger partial charge is 0.347 e. The van der Waals surface area contributed by atoms with E-state index < -0.39 is 0 Å². The number of H-pyrrole nitrogens is 1. The SMILES string of the molecule is CCCN(CC(=O)N(C)C)C(=O)c1ccc2nc[nH]c2c1. The Morgan fingerprint density at radius 3 is 2.71 bits per heavy atom. The minimum Gasteiger partial charge on any atom is -0.347 e. The molecule has 0 saturated heterocycles. The molecule has 0 unspecified atom stereocenters. The Balaban J connectivity index is 2.22. The van der Waals surface area contributed by atoms with E-state index in [4.69, 9.17) is 0 Å². The zero-order valence-electron chi connectivity index (χ0n) is 12.6. The molecule has 0 atom stereocenters. The summed E-state index contributed by atoms with van der Waals surface area (Å²) in [5, 5.41) is 0. The van der Waals surface area contributed by atoms with Gasteiger partial charge in [-0.05, 0) is 24.6 Å². The summed E-state index contributed by atoms with van der Waals surface area (Å²) >= 11 is 0. The number of fused-ring (bicyclic) bond motifs is 1. The first-order valence-electron chi connectivity index (χ1n) is 6.95. The highest BCUT2D eigenvalue weighted by Gasteiger charge is 2.19. The fraction of sp³-hybridized carbons (Fsp3) is 0.400. The van der Waals surface area contributed by atoms with Crippen LogP contribution in [-0.4, -0.2) is 58.8 Å². The van der Waals surface area contributed by atoms with Gasteiger partial charge < -0.3 is 14.8 Å². The van der Waals surface area contributed by atoms with Crippen LogP contribution >= 0.6 is 0 Å². The van der Waals surface area contributed by atoms with Crippen LogP contribution in [0.2, 0.25) is 0 Å². The molecule has 6 nitrogen and oxygen atoms in total. The molecule has 0 saturated carbocycles. The maximum atomic E-state index is 12.6. The lowest BCUT2D eigenvalue weighted by Gasteiger charge is -2.23. The Kier molecular flexibility index (Phi) is 4.57. The molecule has 0 aliphatic heterocycles. The van der Waals surface area contributed by atoms with Gasteiger partial charge in [-0.25, -0.2) is 4.98 Å². The normalized spacial score (nSPS) is 10.6. The number of nitrogens with one attached hydrogen (secondary N) is 1. The van der Waals surface area contributed by atoms with Crippen molar-refractivity contribution in [3.05, 3.63) is 30.1 Å². The number of rotatable bonds is 5. The standard InChI is InChI=1S/C15H20N4O2/c1-4-7-19(9-14(20)18(2)3)15(21)11-5-6-12-13(8-11)17-10-16-12/h5-6,8,10H,4,7,9H2,1-3H3,(H,16,17). The Morgan fingerprint density at radius 1 is 1.29 bits per heavy atom. The molecule has 0 spiro atoms. The van der Waals surface area contributed by atoms with Crippen LogP contribution in [0.25, 0.3) is 11.0 Å². The lowest BCUT2D eigenvalue weighted by molar-refractivity contribution is -0.129. The van der Waals surface area contributed by atoms with E-state index in [-0.39, 0.29) is 18.4 Å². The quantitative estimate of drug-likeness (QED) is 0.906. The number of hydrogen-bond acceptors (Lipinski definition) is 3. The van der Waals surface area contributed by atoms with E-state index in [0.717, 1.165) is 17.5 Å². The number of carbonyl (C=O) groups is 2. The summed E-state index contributed by atoms with van der Waals surface area (Å²) in [6, 6.07) is 5.32. The van der Waals surface area contributed by atoms with E-state index in [2.05, 4.69) is 9.97 Å². The van der Waals surface area contributed by atoms with Crippen LogP contribution in [0.5, 0.6) is 0 Å². The van der Waals surface area contributed by atoms with E-state index in [1.54, 1.807) is 43.5 Å². The number of hydrogen-bond donors (Lipinski definition) is 1. The van der Waals surface area contributed by atoms with Gasteiger partial charge in [0.2, 0.25) is 5.91 Å². The smallest absolute Gasteiger partial charge is 0.254 e. The lowest BCUT2D eigenvalue weighted by Crippen LogP contribution is -2.40. The van der Waals surface area contributed by atoms with Crippen molar-refractivity contribution in [1.82, 2.24) is 19.8 Å². The number of likely N-dealkylation sites (N-methyl/N-ethyl adjacent to an activating group) is 1. The number of aromatic nitrogens is 2. The molecule has 0 radical (unpaired) electrons. The molecule has 2 amide bonds. The Hall–Kier alpha value is -2.37. The third-order valence-corrected chi connectivity index (χ3v) is 3.27. The third kappa shape index (κ3) is 3.39. The average molecular weight is 288 g/mol. The van der Waals surface area contributed by atoms with Crippen molar-refractivity contribution in [3.8, 4) is 0 Å². The molecular formula is C15H20N4O2. The predicted octanol–water partition coefficient (Wildman–Crippen LogP) is 1.50. The number of amides is 2. The first-order valence-corrected chi connectivity index (χ1v) is 6.95. The van der Waals surface area contributed by atoms with Gasteiger partial charge in [-0.15, -0.1) is 0 Å². The molecule has 1 heterocycles. The van der Waals surface area contributed by atoms with Gasteiger partial charge in [-0.1, -0.05) is 6.92 Å². The Bertz CT molecular complexity index is 648. The van der Waals surface area contributed by atoms with Crippen molar-refractivity contribution in [2.75, 3.05) is 27.2 Å². The van der Waals surface area contributed by atoms with Crippen molar-refractivity contribution in [1.29, 1.82) is 0 Å². The third-order valence-electron chi connectivity index (χ3n) is 3.27. The van der Waals surface area contributed by atoms with Crippen LogP contribution in [0.1, 0.15) is 23.7 Å². The van der Waals surface area contributed by atoms with E-state index in [1.807, 2.05) is 6.92 Å². The molecule has 2 aromatic rings. The van der Waals surface area contributed by atoms with Gasteiger partial charge >= 0.3 is 0 Å². The van der Waals surface area contributed by atoms with E-state index in [9.17, 15) is 9.59 Å². The first-order chi connectivity index (χ1) is 10.0. The van der Waals surface area contributed by atoms with E-state index >= 15 is 0 Å². The molecule has 2 rings (SSSR count). The van der Waals surface area contributed by atoms with Gasteiger partial charge in [0.1, 0.15) is 6.54 Å². The van der Waals surface area contributed by atoms with Crippen molar-refractivity contribution in [2.45, 2.75) is 13.3 Å². The van der Waals surface area contributed by atoms with Crippen molar-refractivity contribution in [2.24, 2.45) is 0 Å². The molecule has 0 bridgehead atoms. The second kappa shape index (κ2) is 6.39. The number of carbonyl (C=O) groups excluding carboxylic acids is 2. The first kappa shape index (κ1) is 15.0. The maximum Gasteiger partial charge on any atom is 0.254 e. The highest BCUT2D eigenvalue weighted by Crippen LogP contribution is 2.14. The summed E-state index contributed by atoms with van der Waals surface area (Å²) in [4.78, 5) is 34.6. The van der Waals surface area contributed by atoms with Gasteiger partial charge in [-0.3, -0.25) is 9.59 Å². The van der Waals surface area contributed by atoms with Gasteiger partial charge in [-0.2, -0.15) is 0 Å². The fourth-order valence-corrected chi connectivity index (χ4v) is 2.08. The summed E-state index contributed by atoms with van der Waals surface area (Å²) in [5.41, 5.74) is 2.20. The number of nitrogens with zero attached hydrogens (tertiary/aromatic N) is 3. The lowest BCUT2D eigenvalue weighted by atomic mass is 10.1. The van der Waals surface area contributed by atoms with Crippen LogP contribution in [0.3, 0.4) is 0 Å². The molecule has 1 aromatic heterocycles. The van der Waals surface area contributed by atoms with Crippen molar-refractivity contribution in [3.63, 3.8) is 0 Å². The van der Waals surface area contributed by atoms with E-state index in [1.165, 1.54) is 4.90 Å². The van der Waals surface area contributed by atoms with Crippen LogP contribution in [0.15, 0.2) is 24.5 Å². The highest BCUT2D eigenvalue weighted by molar-refractivity contribution is 5.99. The maximum absolute atomic E-state index is 12.6. The van der Waals surface area contributed by atoms with Gasteiger partial charge in [0.25, 0.3) is 5.91 Å². The Labute approximate surface area is 123 Å². The summed E-state index contributed by atoms with van der Waals surface area (Å²) in [7, 11) is 3.38. The minimum atomic E-state index is -0.136. The monoisotopic (exact) mass is 288 g/mol. The predicted molar refractivity (Wildman–Crippen MR) is 81.0 cm³/mol. The topological polar surface area (TPSA) is 69.3 Å². The van der Waals surface area contributed by atoms with Crippen LogP contribution in [0, 0.1) is 0 Å². The van der Waals surface area contributed by atoms with E-state index in [0.29, 0.717) is 12.1 Å². The molecule has 0 aliphatic carbocycles. The number of imidazole rings is 1. The van der Waals surface area contributed by atoms with Gasteiger partial charge in [0, 0.05) is 26.2 Å². The van der Waals surface area contributed by atoms with Crippen LogP contribution in [0.4, 0.5) is 0 Å². The summed E-state index contributed by atoms with van der Waals surface area (Å²) in [5.74, 6) is -0.219. The van der Waals surface area contributed by atoms with Gasteiger partial charge in [0.05, 0.1) is 17.4 Å². The second-order valence-corrected chi connectivity index (χ2v) is 5.15. The van der Waals surface area contributed by atoms with Crippen molar-refractivity contribution >= 4 is 22.8 Å². The fourth-order valence-electron chi connectivity index (χ4n) is 2.08. The molecule has 1 N–H and O–H groups in total. The zero-order valence-corrected chi connectivity index (χ0v) is 12.6. The Morgan fingerprint density at radius 2 is 2.05 bits per heavy atom. The van der Waals surface area contributed by atoms with Gasteiger partial charge in [0.15, 0.2) is 0 Å². The molecular weight excluding hydrogens is 268 g/mol. The summed E-state index contributed by atoms with van der Waals surface area (Å²) < 4.78 is 0. The second-order valence-electron chi connectivity index (χ2n) is 5.15. The summed E-state index contributed by atoms with van der Waals surface area (Å²) in [6.07, 6.45) is 2.40. The molecule has 6 heteroatoms. The van der Waals surface area contributed by atoms with Crippen LogP contribution in [-0.2, 0) is 4.79 Å². The number of aromatic amines is 1. The van der Waals surface area contributed by atoms with Crippen LogP contribution < -0.4 is 0 Å². The molecule has 0 fully saturated rings. The van der Waals surface area contributed by atoms with Crippen molar-refractivity contribution < 1.29 is 9.59 Å². The molecule has 0 aliphatic rings. The minimum absolute atomic E-state index is 0.0839.